The van der Waals surface area contributed by atoms with Crippen molar-refractivity contribution in [3.05, 3.63) is 44.5 Å². The number of amides is 1. The van der Waals surface area contributed by atoms with E-state index in [0.29, 0.717) is 17.6 Å². The van der Waals surface area contributed by atoms with Crippen LogP contribution in [0.15, 0.2) is 33.3 Å². The molecule has 150 valence electrons. The smallest absolute Gasteiger partial charge is 0.251 e. The molecule has 1 aromatic carbocycles. The Morgan fingerprint density at radius 1 is 1.07 bits per heavy atom. The van der Waals surface area contributed by atoms with Gasteiger partial charge in [0, 0.05) is 52.4 Å². The highest BCUT2D eigenvalue weighted by Gasteiger charge is 2.23. The van der Waals surface area contributed by atoms with Crippen LogP contribution >= 0.6 is 31.9 Å². The molecule has 0 radical (unpaired) electrons. The predicted molar refractivity (Wildman–Crippen MR) is 120 cm³/mol. The van der Waals surface area contributed by atoms with Gasteiger partial charge in [-0.05, 0) is 50.8 Å². The van der Waals surface area contributed by atoms with Crippen LogP contribution in [0.25, 0.3) is 0 Å². The van der Waals surface area contributed by atoms with E-state index in [-0.39, 0.29) is 11.9 Å². The van der Waals surface area contributed by atoms with Gasteiger partial charge in [0.15, 0.2) is 0 Å². The van der Waals surface area contributed by atoms with Crippen molar-refractivity contribution in [2.45, 2.75) is 44.7 Å². The summed E-state index contributed by atoms with van der Waals surface area (Å²) in [6.45, 7) is 2.01. The van der Waals surface area contributed by atoms with Crippen molar-refractivity contribution in [2.24, 2.45) is 0 Å². The second-order valence-electron chi connectivity index (χ2n) is 7.42. The SMILES string of the molecule is Cc1cnc(NC2CCC(NC(=O)c3cc(Br)cc(Br)c3)CC2)nc1N(C)C. The molecule has 0 bridgehead atoms. The summed E-state index contributed by atoms with van der Waals surface area (Å²) < 4.78 is 1.77. The van der Waals surface area contributed by atoms with Crippen molar-refractivity contribution in [3.8, 4) is 0 Å². The summed E-state index contributed by atoms with van der Waals surface area (Å²) in [5, 5.41) is 6.61. The second-order valence-corrected chi connectivity index (χ2v) is 9.25. The fourth-order valence-electron chi connectivity index (χ4n) is 3.47. The zero-order valence-electron chi connectivity index (χ0n) is 16.3. The third kappa shape index (κ3) is 5.44. The highest BCUT2D eigenvalue weighted by Crippen LogP contribution is 2.24. The van der Waals surface area contributed by atoms with Gasteiger partial charge in [0.2, 0.25) is 5.95 Å². The van der Waals surface area contributed by atoms with Gasteiger partial charge in [-0.3, -0.25) is 4.79 Å². The maximum absolute atomic E-state index is 12.5. The summed E-state index contributed by atoms with van der Waals surface area (Å²) >= 11 is 6.86. The van der Waals surface area contributed by atoms with E-state index in [1.807, 2.05) is 50.3 Å². The Kier molecular flexibility index (Phi) is 6.93. The number of carbonyl (C=O) groups excluding carboxylic acids is 1. The topological polar surface area (TPSA) is 70.1 Å². The molecular weight excluding hydrogens is 486 g/mol. The number of nitrogens with zero attached hydrogens (tertiary/aromatic N) is 3. The minimum atomic E-state index is -0.0316. The maximum Gasteiger partial charge on any atom is 0.251 e. The third-order valence-corrected chi connectivity index (χ3v) is 5.80. The van der Waals surface area contributed by atoms with E-state index >= 15 is 0 Å². The predicted octanol–water partition coefficient (Wildman–Crippen LogP) is 4.53. The van der Waals surface area contributed by atoms with E-state index in [1.54, 1.807) is 0 Å². The van der Waals surface area contributed by atoms with Crippen LogP contribution in [-0.4, -0.2) is 42.1 Å². The molecule has 6 nitrogen and oxygen atoms in total. The summed E-state index contributed by atoms with van der Waals surface area (Å²) in [6, 6.07) is 6.11. The molecule has 8 heteroatoms. The zero-order valence-corrected chi connectivity index (χ0v) is 19.5. The Hall–Kier alpha value is -1.67. The number of hydrogen-bond acceptors (Lipinski definition) is 5. The minimum absolute atomic E-state index is 0.0316. The van der Waals surface area contributed by atoms with Gasteiger partial charge in [0.25, 0.3) is 5.91 Å². The van der Waals surface area contributed by atoms with E-state index in [2.05, 4.69) is 52.5 Å². The van der Waals surface area contributed by atoms with Crippen molar-refractivity contribution in [1.29, 1.82) is 0 Å². The molecule has 0 unspecified atom stereocenters. The van der Waals surface area contributed by atoms with Crippen LogP contribution in [0.1, 0.15) is 41.6 Å². The van der Waals surface area contributed by atoms with Crippen LogP contribution in [0.5, 0.6) is 0 Å². The summed E-state index contributed by atoms with van der Waals surface area (Å²) in [4.78, 5) is 23.6. The molecule has 0 atom stereocenters. The Morgan fingerprint density at radius 3 is 2.29 bits per heavy atom. The zero-order chi connectivity index (χ0) is 20.3. The molecule has 2 aromatic rings. The number of anilines is 2. The van der Waals surface area contributed by atoms with E-state index in [1.165, 1.54) is 0 Å². The molecule has 0 saturated heterocycles. The van der Waals surface area contributed by atoms with Gasteiger partial charge in [0.1, 0.15) is 5.82 Å². The number of aromatic nitrogens is 2. The van der Waals surface area contributed by atoms with E-state index in [4.69, 9.17) is 0 Å². The van der Waals surface area contributed by atoms with Crippen LogP contribution < -0.4 is 15.5 Å². The summed E-state index contributed by atoms with van der Waals surface area (Å²) in [5.74, 6) is 1.57. The maximum atomic E-state index is 12.5. The van der Waals surface area contributed by atoms with Crippen LogP contribution in [0.2, 0.25) is 0 Å². The number of carbonyl (C=O) groups is 1. The standard InChI is InChI=1S/C20H25Br2N5O/c1-12-11-23-20(26-18(12)27(2)3)25-17-6-4-16(5-7-17)24-19(28)13-8-14(21)10-15(22)9-13/h8-11,16-17H,4-7H2,1-3H3,(H,24,28)(H,23,25,26). The molecule has 28 heavy (non-hydrogen) atoms. The number of rotatable bonds is 5. The minimum Gasteiger partial charge on any atom is -0.362 e. The molecule has 0 spiro atoms. The van der Waals surface area contributed by atoms with E-state index in [9.17, 15) is 4.79 Å². The van der Waals surface area contributed by atoms with Crippen LogP contribution in [0.4, 0.5) is 11.8 Å². The average Bonchev–Trinajstić information content (AvgIpc) is 2.64. The monoisotopic (exact) mass is 509 g/mol. The Bertz CT molecular complexity index is 830. The molecule has 1 aromatic heterocycles. The molecule has 2 N–H and O–H groups in total. The fourth-order valence-corrected chi connectivity index (χ4v) is 4.77. The van der Waals surface area contributed by atoms with Crippen LogP contribution in [-0.2, 0) is 0 Å². The van der Waals surface area contributed by atoms with Gasteiger partial charge >= 0.3 is 0 Å². The second kappa shape index (κ2) is 9.22. The molecule has 1 aliphatic rings. The lowest BCUT2D eigenvalue weighted by molar-refractivity contribution is 0.0926. The van der Waals surface area contributed by atoms with Gasteiger partial charge < -0.3 is 15.5 Å². The van der Waals surface area contributed by atoms with E-state index in [0.717, 1.165) is 46.0 Å². The first-order valence-electron chi connectivity index (χ1n) is 9.36. The highest BCUT2D eigenvalue weighted by atomic mass is 79.9. The third-order valence-electron chi connectivity index (χ3n) is 4.89. The van der Waals surface area contributed by atoms with Crippen molar-refractivity contribution < 1.29 is 4.79 Å². The molecule has 1 amide bonds. The van der Waals surface area contributed by atoms with Crippen LogP contribution in [0.3, 0.4) is 0 Å². The first-order chi connectivity index (χ1) is 13.3. The molecule has 3 rings (SSSR count). The largest absolute Gasteiger partial charge is 0.362 e. The quantitative estimate of drug-likeness (QED) is 0.618. The van der Waals surface area contributed by atoms with Crippen LogP contribution in [0, 0.1) is 6.92 Å². The van der Waals surface area contributed by atoms with Gasteiger partial charge in [-0.15, -0.1) is 0 Å². The summed E-state index contributed by atoms with van der Waals surface area (Å²) in [6.07, 6.45) is 5.67. The lowest BCUT2D eigenvalue weighted by atomic mass is 9.91. The van der Waals surface area contributed by atoms with Gasteiger partial charge in [0.05, 0.1) is 0 Å². The number of nitrogens with one attached hydrogen (secondary N) is 2. The number of aryl methyl sites for hydroxylation is 1. The lowest BCUT2D eigenvalue weighted by Crippen LogP contribution is -2.40. The molecule has 0 aliphatic heterocycles. The van der Waals surface area contributed by atoms with Gasteiger partial charge in [-0.25, -0.2) is 4.98 Å². The number of hydrogen-bond donors (Lipinski definition) is 2. The Labute approximate surface area is 182 Å². The number of benzene rings is 1. The van der Waals surface area contributed by atoms with Crippen molar-refractivity contribution in [1.82, 2.24) is 15.3 Å². The first-order valence-corrected chi connectivity index (χ1v) is 10.9. The molecule has 1 aliphatic carbocycles. The Balaban J connectivity index is 1.53. The highest BCUT2D eigenvalue weighted by molar-refractivity contribution is 9.11. The van der Waals surface area contributed by atoms with E-state index < -0.39 is 0 Å². The van der Waals surface area contributed by atoms with Gasteiger partial charge in [-0.1, -0.05) is 31.9 Å². The normalized spacial score (nSPS) is 19.2. The van der Waals surface area contributed by atoms with Crippen molar-refractivity contribution in [3.63, 3.8) is 0 Å². The molecule has 1 heterocycles. The first kappa shape index (κ1) is 21.0. The van der Waals surface area contributed by atoms with Gasteiger partial charge in [-0.2, -0.15) is 4.98 Å². The fraction of sp³-hybridized carbons (Fsp3) is 0.450. The van der Waals surface area contributed by atoms with Crippen molar-refractivity contribution in [2.75, 3.05) is 24.3 Å². The lowest BCUT2D eigenvalue weighted by Gasteiger charge is -2.30. The number of halogens is 2. The average molecular weight is 511 g/mol. The Morgan fingerprint density at radius 2 is 1.68 bits per heavy atom. The van der Waals surface area contributed by atoms with Crippen molar-refractivity contribution >= 4 is 49.5 Å². The molecular formula is C20H25Br2N5O. The summed E-state index contributed by atoms with van der Waals surface area (Å²) in [7, 11) is 3.97. The molecule has 1 fully saturated rings. The summed E-state index contributed by atoms with van der Waals surface area (Å²) in [5.41, 5.74) is 1.71. The molecule has 1 saturated carbocycles.